The molecule has 2 aromatic rings. The van der Waals surface area contributed by atoms with E-state index in [1.165, 1.54) is 5.56 Å². The van der Waals surface area contributed by atoms with Gasteiger partial charge in [0.25, 0.3) is 0 Å². The summed E-state index contributed by atoms with van der Waals surface area (Å²) >= 11 is 0. The van der Waals surface area contributed by atoms with E-state index in [-0.39, 0.29) is 6.42 Å². The van der Waals surface area contributed by atoms with Crippen LogP contribution in [0, 0.1) is 0 Å². The minimum absolute atomic E-state index is 0.119. The topological polar surface area (TPSA) is 63.3 Å². The van der Waals surface area contributed by atoms with Crippen molar-refractivity contribution in [2.75, 3.05) is 5.73 Å². The highest BCUT2D eigenvalue weighted by molar-refractivity contribution is 5.71. The molecular weight excluding hydrogens is 250 g/mol. The van der Waals surface area contributed by atoms with Gasteiger partial charge >= 0.3 is 5.97 Å². The fourth-order valence-electron chi connectivity index (χ4n) is 3.33. The maximum atomic E-state index is 11.4. The van der Waals surface area contributed by atoms with Crippen LogP contribution < -0.4 is 5.73 Å². The lowest BCUT2D eigenvalue weighted by molar-refractivity contribution is -0.138. The smallest absolute Gasteiger partial charge is 0.304 e. The fraction of sp³-hybridized carbons (Fsp3) is 0.235. The zero-order valence-corrected chi connectivity index (χ0v) is 11.2. The lowest BCUT2D eigenvalue weighted by Crippen LogP contribution is -2.28. The molecule has 3 N–H and O–H groups in total. The van der Waals surface area contributed by atoms with Crippen LogP contribution in [0.1, 0.15) is 29.5 Å². The van der Waals surface area contributed by atoms with Gasteiger partial charge in [-0.15, -0.1) is 0 Å². The molecule has 0 heterocycles. The Morgan fingerprint density at radius 1 is 1.15 bits per heavy atom. The molecule has 0 bridgehead atoms. The Balaban J connectivity index is 2.16. The third-order valence-electron chi connectivity index (χ3n) is 4.27. The largest absolute Gasteiger partial charge is 0.481 e. The molecule has 3 heteroatoms. The second-order valence-electron chi connectivity index (χ2n) is 5.43. The lowest BCUT2D eigenvalue weighted by Gasteiger charge is -2.29. The first-order valence-electron chi connectivity index (χ1n) is 6.78. The molecule has 20 heavy (non-hydrogen) atoms. The molecule has 0 aliphatic heterocycles. The number of hydrogen-bond donors (Lipinski definition) is 2. The summed E-state index contributed by atoms with van der Waals surface area (Å²) in [5.74, 6) is -0.765. The predicted octanol–water partition coefficient (Wildman–Crippen LogP) is 2.98. The number of carbonyl (C=O) groups is 1. The van der Waals surface area contributed by atoms with Crippen molar-refractivity contribution in [3.05, 3.63) is 65.2 Å². The highest BCUT2D eigenvalue weighted by Gasteiger charge is 2.41. The van der Waals surface area contributed by atoms with Crippen LogP contribution in [0.25, 0.3) is 0 Å². The zero-order valence-electron chi connectivity index (χ0n) is 11.2. The molecule has 1 aliphatic rings. The molecule has 1 aliphatic carbocycles. The first kappa shape index (κ1) is 12.7. The molecule has 0 spiro atoms. The van der Waals surface area contributed by atoms with Crippen molar-refractivity contribution in [3.63, 3.8) is 0 Å². The zero-order chi connectivity index (χ0) is 14.2. The number of aliphatic carboxylic acids is 1. The molecule has 0 saturated carbocycles. The summed E-state index contributed by atoms with van der Waals surface area (Å²) < 4.78 is 0. The average molecular weight is 267 g/mol. The second kappa shape index (κ2) is 4.67. The van der Waals surface area contributed by atoms with Crippen LogP contribution >= 0.6 is 0 Å². The van der Waals surface area contributed by atoms with Crippen LogP contribution in [-0.4, -0.2) is 11.1 Å². The highest BCUT2D eigenvalue weighted by atomic mass is 16.4. The summed E-state index contributed by atoms with van der Waals surface area (Å²) in [7, 11) is 0. The summed E-state index contributed by atoms with van der Waals surface area (Å²) in [6.45, 7) is 0. The number of nitrogen functional groups attached to an aromatic ring is 1. The van der Waals surface area contributed by atoms with Crippen LogP contribution in [0.3, 0.4) is 0 Å². The number of fused-ring (bicyclic) bond motifs is 1. The SMILES string of the molecule is Nc1ccc(C2(CC(=O)O)CCc3ccccc32)cc1. The summed E-state index contributed by atoms with van der Waals surface area (Å²) in [4.78, 5) is 11.4. The van der Waals surface area contributed by atoms with E-state index in [9.17, 15) is 9.90 Å². The molecule has 1 atom stereocenters. The van der Waals surface area contributed by atoms with Crippen molar-refractivity contribution in [3.8, 4) is 0 Å². The van der Waals surface area contributed by atoms with Gasteiger partial charge in [-0.25, -0.2) is 0 Å². The van der Waals surface area contributed by atoms with Gasteiger partial charge in [0, 0.05) is 11.1 Å². The first-order chi connectivity index (χ1) is 9.62. The average Bonchev–Trinajstić information content (AvgIpc) is 2.79. The maximum absolute atomic E-state index is 11.4. The van der Waals surface area contributed by atoms with Crippen LogP contribution in [0.5, 0.6) is 0 Å². The number of benzene rings is 2. The number of aryl methyl sites for hydroxylation is 1. The van der Waals surface area contributed by atoms with Gasteiger partial charge in [0.15, 0.2) is 0 Å². The van der Waals surface area contributed by atoms with E-state index >= 15 is 0 Å². The quantitative estimate of drug-likeness (QED) is 0.840. The van der Waals surface area contributed by atoms with Gasteiger partial charge in [-0.2, -0.15) is 0 Å². The summed E-state index contributed by atoms with van der Waals surface area (Å²) in [5.41, 5.74) is 9.47. The number of carboxylic acid groups (broad SMARTS) is 1. The van der Waals surface area contributed by atoms with Crippen molar-refractivity contribution in [1.82, 2.24) is 0 Å². The Kier molecular flexibility index (Phi) is 2.97. The fourth-order valence-corrected chi connectivity index (χ4v) is 3.33. The van der Waals surface area contributed by atoms with Crippen LogP contribution in [0.2, 0.25) is 0 Å². The standard InChI is InChI=1S/C17H17NO2/c18-14-7-5-13(6-8-14)17(11-16(19)20)10-9-12-3-1-2-4-15(12)17/h1-8H,9-11,18H2,(H,19,20). The molecule has 0 radical (unpaired) electrons. The maximum Gasteiger partial charge on any atom is 0.304 e. The van der Waals surface area contributed by atoms with E-state index in [1.807, 2.05) is 36.4 Å². The van der Waals surface area contributed by atoms with Crippen LogP contribution in [0.15, 0.2) is 48.5 Å². The number of anilines is 1. The predicted molar refractivity (Wildman–Crippen MR) is 78.7 cm³/mol. The third kappa shape index (κ3) is 1.95. The Labute approximate surface area is 118 Å². The lowest BCUT2D eigenvalue weighted by atomic mass is 9.73. The molecule has 3 nitrogen and oxygen atoms in total. The normalized spacial score (nSPS) is 20.6. The Morgan fingerprint density at radius 3 is 2.55 bits per heavy atom. The van der Waals surface area contributed by atoms with Crippen LogP contribution in [0.4, 0.5) is 5.69 Å². The van der Waals surface area contributed by atoms with Gasteiger partial charge in [-0.1, -0.05) is 36.4 Å². The molecule has 2 aromatic carbocycles. The van der Waals surface area contributed by atoms with E-state index in [4.69, 9.17) is 5.73 Å². The van der Waals surface area contributed by atoms with Crippen molar-refractivity contribution in [1.29, 1.82) is 0 Å². The van der Waals surface area contributed by atoms with Gasteiger partial charge in [-0.3, -0.25) is 4.79 Å². The monoisotopic (exact) mass is 267 g/mol. The van der Waals surface area contributed by atoms with E-state index < -0.39 is 11.4 Å². The summed E-state index contributed by atoms with van der Waals surface area (Å²) in [5, 5.41) is 9.36. The number of carboxylic acids is 1. The van der Waals surface area contributed by atoms with Crippen molar-refractivity contribution in [2.24, 2.45) is 0 Å². The molecule has 1 unspecified atom stereocenters. The molecule has 102 valence electrons. The molecule has 0 fully saturated rings. The summed E-state index contributed by atoms with van der Waals surface area (Å²) in [6, 6.07) is 15.8. The third-order valence-corrected chi connectivity index (χ3v) is 4.27. The molecule has 0 aromatic heterocycles. The van der Waals surface area contributed by atoms with E-state index in [0.29, 0.717) is 5.69 Å². The van der Waals surface area contributed by atoms with Gasteiger partial charge in [0.2, 0.25) is 0 Å². The van der Waals surface area contributed by atoms with E-state index in [0.717, 1.165) is 24.0 Å². The second-order valence-corrected chi connectivity index (χ2v) is 5.43. The molecular formula is C17H17NO2. The minimum Gasteiger partial charge on any atom is -0.481 e. The Bertz CT molecular complexity index is 648. The van der Waals surface area contributed by atoms with Crippen LogP contribution in [-0.2, 0) is 16.6 Å². The number of rotatable bonds is 3. The van der Waals surface area contributed by atoms with Gasteiger partial charge in [0.1, 0.15) is 0 Å². The first-order valence-corrected chi connectivity index (χ1v) is 6.78. The van der Waals surface area contributed by atoms with E-state index in [1.54, 1.807) is 0 Å². The highest BCUT2D eigenvalue weighted by Crippen LogP contribution is 2.46. The minimum atomic E-state index is -0.765. The number of hydrogen-bond acceptors (Lipinski definition) is 2. The molecule has 0 saturated heterocycles. The Hall–Kier alpha value is -2.29. The van der Waals surface area contributed by atoms with Crippen molar-refractivity contribution >= 4 is 11.7 Å². The Morgan fingerprint density at radius 2 is 1.85 bits per heavy atom. The number of nitrogens with two attached hydrogens (primary N) is 1. The van der Waals surface area contributed by atoms with Crippen molar-refractivity contribution < 1.29 is 9.90 Å². The van der Waals surface area contributed by atoms with Crippen molar-refractivity contribution in [2.45, 2.75) is 24.7 Å². The van der Waals surface area contributed by atoms with Gasteiger partial charge < -0.3 is 10.8 Å². The molecule has 3 rings (SSSR count). The van der Waals surface area contributed by atoms with Gasteiger partial charge in [-0.05, 0) is 41.7 Å². The van der Waals surface area contributed by atoms with E-state index in [2.05, 4.69) is 12.1 Å². The van der Waals surface area contributed by atoms with Gasteiger partial charge in [0.05, 0.1) is 6.42 Å². The molecule has 0 amide bonds. The summed E-state index contributed by atoms with van der Waals surface area (Å²) in [6.07, 6.45) is 1.88.